The zero-order chi connectivity index (χ0) is 11.5. The number of aromatic nitrogens is 2. The summed E-state index contributed by atoms with van der Waals surface area (Å²) in [7, 11) is 4.21. The molecule has 1 unspecified atom stereocenters. The van der Waals surface area contributed by atoms with Crippen LogP contribution in [0.2, 0.25) is 0 Å². The molecular formula is C10H19N5O. The summed E-state index contributed by atoms with van der Waals surface area (Å²) in [5.41, 5.74) is 5.45. The Kier molecular flexibility index (Phi) is 3.52. The van der Waals surface area contributed by atoms with Crippen LogP contribution in [0.5, 0.6) is 0 Å². The molecule has 2 N–H and O–H groups in total. The molecular weight excluding hydrogens is 206 g/mol. The maximum atomic E-state index is 5.45. The van der Waals surface area contributed by atoms with Crippen LogP contribution in [0.25, 0.3) is 0 Å². The second-order valence-electron chi connectivity index (χ2n) is 4.34. The van der Waals surface area contributed by atoms with Gasteiger partial charge in [0.1, 0.15) is 0 Å². The number of hydrogen-bond acceptors (Lipinski definition) is 6. The van der Waals surface area contributed by atoms with Crippen LogP contribution in [-0.2, 0) is 6.42 Å². The molecule has 2 rings (SSSR count). The van der Waals surface area contributed by atoms with Crippen LogP contribution in [0, 0.1) is 0 Å². The van der Waals surface area contributed by atoms with Gasteiger partial charge in [-0.25, -0.2) is 0 Å². The van der Waals surface area contributed by atoms with Gasteiger partial charge in [-0.2, -0.15) is 4.98 Å². The van der Waals surface area contributed by atoms with E-state index in [1.54, 1.807) is 0 Å². The summed E-state index contributed by atoms with van der Waals surface area (Å²) < 4.78 is 5.16. The van der Waals surface area contributed by atoms with Crippen LogP contribution in [0.3, 0.4) is 0 Å². The largest absolute Gasteiger partial charge is 0.339 e. The monoisotopic (exact) mass is 225 g/mol. The van der Waals surface area contributed by atoms with Gasteiger partial charge in [0, 0.05) is 32.6 Å². The third-order valence-corrected chi connectivity index (χ3v) is 2.99. The van der Waals surface area contributed by atoms with Crippen molar-refractivity contribution in [3.8, 4) is 0 Å². The molecule has 1 atom stereocenters. The average molecular weight is 225 g/mol. The molecule has 90 valence electrons. The Hall–Kier alpha value is -0.980. The number of rotatable bonds is 3. The van der Waals surface area contributed by atoms with E-state index in [0.717, 1.165) is 25.5 Å². The van der Waals surface area contributed by atoms with Crippen molar-refractivity contribution in [3.05, 3.63) is 11.7 Å². The fourth-order valence-corrected chi connectivity index (χ4v) is 1.92. The van der Waals surface area contributed by atoms with Gasteiger partial charge in [0.25, 0.3) is 0 Å². The highest BCUT2D eigenvalue weighted by Gasteiger charge is 2.27. The first-order valence-electron chi connectivity index (χ1n) is 5.62. The second-order valence-corrected chi connectivity index (χ2v) is 4.34. The molecule has 6 nitrogen and oxygen atoms in total. The van der Waals surface area contributed by atoms with Crippen molar-refractivity contribution < 1.29 is 4.52 Å². The van der Waals surface area contributed by atoms with Gasteiger partial charge >= 0.3 is 0 Å². The van der Waals surface area contributed by atoms with Crippen molar-refractivity contribution in [2.75, 3.05) is 40.3 Å². The fraction of sp³-hybridized carbons (Fsp3) is 0.800. The minimum Gasteiger partial charge on any atom is -0.339 e. The Morgan fingerprint density at radius 2 is 2.25 bits per heavy atom. The summed E-state index contributed by atoms with van der Waals surface area (Å²) in [6, 6.07) is 0.231. The van der Waals surface area contributed by atoms with Crippen LogP contribution < -0.4 is 5.73 Å². The van der Waals surface area contributed by atoms with E-state index in [1.165, 1.54) is 0 Å². The number of nitrogens with zero attached hydrogens (tertiary/aromatic N) is 4. The third-order valence-electron chi connectivity index (χ3n) is 2.99. The first-order chi connectivity index (χ1) is 7.70. The summed E-state index contributed by atoms with van der Waals surface area (Å²) in [4.78, 5) is 8.92. The molecule has 0 aromatic carbocycles. The third kappa shape index (κ3) is 2.40. The molecule has 0 aliphatic carbocycles. The quantitative estimate of drug-likeness (QED) is 0.747. The maximum absolute atomic E-state index is 5.45. The predicted octanol–water partition coefficient (Wildman–Crippen LogP) is -0.511. The van der Waals surface area contributed by atoms with Crippen molar-refractivity contribution >= 4 is 0 Å². The minimum atomic E-state index is 0.231. The van der Waals surface area contributed by atoms with Crippen molar-refractivity contribution in [2.24, 2.45) is 5.73 Å². The van der Waals surface area contributed by atoms with E-state index in [2.05, 4.69) is 34.0 Å². The highest BCUT2D eigenvalue weighted by molar-refractivity contribution is 4.98. The van der Waals surface area contributed by atoms with E-state index < -0.39 is 0 Å². The smallest absolute Gasteiger partial charge is 0.227 e. The summed E-state index contributed by atoms with van der Waals surface area (Å²) >= 11 is 0. The highest BCUT2D eigenvalue weighted by Crippen LogP contribution is 2.20. The molecule has 1 saturated heterocycles. The maximum Gasteiger partial charge on any atom is 0.227 e. The molecule has 0 saturated carbocycles. The van der Waals surface area contributed by atoms with Gasteiger partial charge in [-0.05, 0) is 14.1 Å². The lowest BCUT2D eigenvalue weighted by Crippen LogP contribution is -2.45. The van der Waals surface area contributed by atoms with Gasteiger partial charge in [0.15, 0.2) is 5.82 Å². The second kappa shape index (κ2) is 4.90. The average Bonchev–Trinajstić information content (AvgIpc) is 2.71. The lowest BCUT2D eigenvalue weighted by molar-refractivity contribution is 0.108. The Bertz CT molecular complexity index is 340. The molecule has 1 fully saturated rings. The van der Waals surface area contributed by atoms with E-state index in [-0.39, 0.29) is 6.04 Å². The number of nitrogens with two attached hydrogens (primary N) is 1. The Morgan fingerprint density at radius 1 is 1.44 bits per heavy atom. The molecule has 1 aliphatic heterocycles. The van der Waals surface area contributed by atoms with Crippen molar-refractivity contribution in [1.29, 1.82) is 0 Å². The molecule has 0 radical (unpaired) electrons. The number of hydrogen-bond donors (Lipinski definition) is 1. The molecule has 0 amide bonds. The van der Waals surface area contributed by atoms with Gasteiger partial charge in [0.2, 0.25) is 5.89 Å². The van der Waals surface area contributed by atoms with Gasteiger partial charge in [-0.1, -0.05) is 5.16 Å². The van der Waals surface area contributed by atoms with E-state index in [4.69, 9.17) is 10.3 Å². The minimum absolute atomic E-state index is 0.231. The Morgan fingerprint density at radius 3 is 3.00 bits per heavy atom. The zero-order valence-electron chi connectivity index (χ0n) is 9.89. The van der Waals surface area contributed by atoms with Crippen LogP contribution in [-0.4, -0.2) is 60.2 Å². The van der Waals surface area contributed by atoms with Gasteiger partial charge < -0.3 is 15.2 Å². The summed E-state index contributed by atoms with van der Waals surface area (Å²) in [5, 5.41) is 4.03. The van der Waals surface area contributed by atoms with Gasteiger partial charge in [0.05, 0.1) is 6.04 Å². The fourth-order valence-electron chi connectivity index (χ4n) is 1.92. The first-order valence-corrected chi connectivity index (χ1v) is 5.62. The summed E-state index contributed by atoms with van der Waals surface area (Å²) in [6.45, 7) is 3.60. The molecule has 2 heterocycles. The number of likely N-dealkylation sites (N-methyl/N-ethyl adjacent to an activating group) is 2. The molecule has 6 heteroatoms. The van der Waals surface area contributed by atoms with Crippen LogP contribution in [0.1, 0.15) is 17.8 Å². The Balaban J connectivity index is 2.08. The SMILES string of the molecule is CN1CCN(C)C(c2noc(CCN)n2)C1. The van der Waals surface area contributed by atoms with E-state index in [9.17, 15) is 0 Å². The van der Waals surface area contributed by atoms with Crippen molar-refractivity contribution in [2.45, 2.75) is 12.5 Å². The molecule has 1 aromatic heterocycles. The topological polar surface area (TPSA) is 71.4 Å². The van der Waals surface area contributed by atoms with Gasteiger partial charge in [-0.3, -0.25) is 4.90 Å². The highest BCUT2D eigenvalue weighted by atomic mass is 16.5. The Labute approximate surface area is 95.4 Å². The molecule has 0 spiro atoms. The predicted molar refractivity (Wildman–Crippen MR) is 59.9 cm³/mol. The standard InChI is InChI=1S/C10H19N5O/c1-14-5-6-15(2)8(7-14)10-12-9(3-4-11)16-13-10/h8H,3-7,11H2,1-2H3. The van der Waals surface area contributed by atoms with Crippen molar-refractivity contribution in [3.63, 3.8) is 0 Å². The number of piperazine rings is 1. The lowest BCUT2D eigenvalue weighted by atomic mass is 10.2. The molecule has 16 heavy (non-hydrogen) atoms. The molecule has 0 bridgehead atoms. The van der Waals surface area contributed by atoms with Gasteiger partial charge in [-0.15, -0.1) is 0 Å². The van der Waals surface area contributed by atoms with Crippen molar-refractivity contribution in [1.82, 2.24) is 19.9 Å². The van der Waals surface area contributed by atoms with Crippen LogP contribution in [0.4, 0.5) is 0 Å². The van der Waals surface area contributed by atoms with E-state index >= 15 is 0 Å². The van der Waals surface area contributed by atoms with E-state index in [0.29, 0.717) is 18.9 Å². The summed E-state index contributed by atoms with van der Waals surface area (Å²) in [5.74, 6) is 1.41. The zero-order valence-corrected chi connectivity index (χ0v) is 9.89. The van der Waals surface area contributed by atoms with Crippen LogP contribution >= 0.6 is 0 Å². The molecule has 1 aromatic rings. The first kappa shape index (κ1) is 11.5. The van der Waals surface area contributed by atoms with Crippen LogP contribution in [0.15, 0.2) is 4.52 Å². The molecule has 1 aliphatic rings. The normalized spacial score (nSPS) is 23.8. The van der Waals surface area contributed by atoms with E-state index in [1.807, 2.05) is 0 Å². The summed E-state index contributed by atoms with van der Waals surface area (Å²) in [6.07, 6.45) is 0.652. The lowest BCUT2D eigenvalue weighted by Gasteiger charge is -2.35.